The molecule has 5 heteroatoms. The van der Waals surface area contributed by atoms with Gasteiger partial charge in [-0.3, -0.25) is 9.78 Å². The molecule has 1 heterocycles. The van der Waals surface area contributed by atoms with Crippen molar-refractivity contribution in [2.75, 3.05) is 0 Å². The van der Waals surface area contributed by atoms with Gasteiger partial charge in [0.15, 0.2) is 11.4 Å². The SMILES string of the molecule is C=CC(=O)C(O)(c1cccnc1)C(C)c1ccc(Cl)cc1Cl. The molecule has 0 saturated heterocycles. The quantitative estimate of drug-likeness (QED) is 0.835. The Morgan fingerprint density at radius 2 is 2.14 bits per heavy atom. The molecule has 0 aliphatic rings. The van der Waals surface area contributed by atoms with Crippen molar-refractivity contribution in [2.45, 2.75) is 18.4 Å². The molecule has 0 spiro atoms. The van der Waals surface area contributed by atoms with Gasteiger partial charge in [-0.2, -0.15) is 0 Å². The van der Waals surface area contributed by atoms with E-state index >= 15 is 0 Å². The number of carbonyl (C=O) groups is 1. The van der Waals surface area contributed by atoms with Gasteiger partial charge in [0.05, 0.1) is 0 Å². The van der Waals surface area contributed by atoms with Crippen molar-refractivity contribution in [3.63, 3.8) is 0 Å². The Morgan fingerprint density at radius 1 is 1.41 bits per heavy atom. The number of rotatable bonds is 5. The molecule has 1 aromatic heterocycles. The average molecular weight is 336 g/mol. The number of aliphatic hydroxyl groups is 1. The zero-order chi connectivity index (χ0) is 16.3. The third-order valence-corrected chi connectivity index (χ3v) is 4.28. The lowest BCUT2D eigenvalue weighted by Gasteiger charge is -2.33. The molecule has 1 N–H and O–H groups in total. The summed E-state index contributed by atoms with van der Waals surface area (Å²) in [6, 6.07) is 8.26. The van der Waals surface area contributed by atoms with Crippen LogP contribution in [-0.2, 0) is 10.4 Å². The minimum absolute atomic E-state index is 0.387. The van der Waals surface area contributed by atoms with Gasteiger partial charge >= 0.3 is 0 Å². The second-order valence-electron chi connectivity index (χ2n) is 4.96. The minimum atomic E-state index is -1.80. The summed E-state index contributed by atoms with van der Waals surface area (Å²) in [5.41, 5.74) is -0.793. The lowest BCUT2D eigenvalue weighted by Crippen LogP contribution is -2.40. The average Bonchev–Trinajstić information content (AvgIpc) is 2.53. The molecule has 0 saturated carbocycles. The Morgan fingerprint density at radius 3 is 2.68 bits per heavy atom. The zero-order valence-corrected chi connectivity index (χ0v) is 13.5. The molecular weight excluding hydrogens is 321 g/mol. The molecule has 0 radical (unpaired) electrons. The maximum atomic E-state index is 12.4. The van der Waals surface area contributed by atoms with Gasteiger partial charge in [0, 0.05) is 33.9 Å². The molecule has 0 fully saturated rings. The number of aromatic nitrogens is 1. The van der Waals surface area contributed by atoms with Gasteiger partial charge in [0.25, 0.3) is 0 Å². The Labute approximate surface area is 139 Å². The summed E-state index contributed by atoms with van der Waals surface area (Å²) in [6.07, 6.45) is 4.14. The molecule has 2 aromatic rings. The van der Waals surface area contributed by atoms with Gasteiger partial charge < -0.3 is 5.11 Å². The van der Waals surface area contributed by atoms with Crippen molar-refractivity contribution in [2.24, 2.45) is 0 Å². The molecule has 2 atom stereocenters. The van der Waals surface area contributed by atoms with Crippen LogP contribution in [0.3, 0.4) is 0 Å². The van der Waals surface area contributed by atoms with Crippen molar-refractivity contribution in [3.8, 4) is 0 Å². The Balaban J connectivity index is 2.59. The van der Waals surface area contributed by atoms with Crippen LogP contribution in [0.25, 0.3) is 0 Å². The van der Waals surface area contributed by atoms with E-state index < -0.39 is 17.3 Å². The number of benzene rings is 1. The Bertz CT molecular complexity index is 703. The number of hydrogen-bond acceptors (Lipinski definition) is 3. The van der Waals surface area contributed by atoms with E-state index in [1.165, 1.54) is 6.20 Å². The fourth-order valence-electron chi connectivity index (χ4n) is 2.43. The monoisotopic (exact) mass is 335 g/mol. The minimum Gasteiger partial charge on any atom is -0.376 e. The molecular formula is C17H15Cl2NO2. The van der Waals surface area contributed by atoms with Crippen LogP contribution in [0.2, 0.25) is 10.0 Å². The molecule has 2 unspecified atom stereocenters. The highest BCUT2D eigenvalue weighted by Crippen LogP contribution is 2.40. The lowest BCUT2D eigenvalue weighted by molar-refractivity contribution is -0.135. The van der Waals surface area contributed by atoms with Crippen LogP contribution in [0.1, 0.15) is 24.0 Å². The number of halogens is 2. The second-order valence-corrected chi connectivity index (χ2v) is 5.81. The van der Waals surface area contributed by atoms with Crippen LogP contribution >= 0.6 is 23.2 Å². The number of carbonyl (C=O) groups excluding carboxylic acids is 1. The second kappa shape index (κ2) is 6.61. The molecule has 0 amide bonds. The van der Waals surface area contributed by atoms with E-state index in [0.29, 0.717) is 21.2 Å². The maximum absolute atomic E-state index is 12.4. The summed E-state index contributed by atoms with van der Waals surface area (Å²) in [5.74, 6) is -1.12. The summed E-state index contributed by atoms with van der Waals surface area (Å²) >= 11 is 12.1. The molecule has 1 aromatic carbocycles. The predicted molar refractivity (Wildman–Crippen MR) is 88.2 cm³/mol. The Hall–Kier alpha value is -1.68. The molecule has 0 aliphatic heterocycles. The summed E-state index contributed by atoms with van der Waals surface area (Å²) in [5, 5.41) is 12.0. The van der Waals surface area contributed by atoms with E-state index in [1.807, 2.05) is 0 Å². The van der Waals surface area contributed by atoms with Gasteiger partial charge in [-0.15, -0.1) is 0 Å². The van der Waals surface area contributed by atoms with E-state index in [0.717, 1.165) is 6.08 Å². The summed E-state index contributed by atoms with van der Waals surface area (Å²) < 4.78 is 0. The topological polar surface area (TPSA) is 50.2 Å². The summed E-state index contributed by atoms with van der Waals surface area (Å²) in [6.45, 7) is 5.21. The molecule has 0 aliphatic carbocycles. The smallest absolute Gasteiger partial charge is 0.191 e. The normalized spacial score (nSPS) is 14.9. The first kappa shape index (κ1) is 16.7. The molecule has 22 heavy (non-hydrogen) atoms. The van der Waals surface area contributed by atoms with Crippen molar-refractivity contribution in [3.05, 3.63) is 76.6 Å². The first-order valence-corrected chi connectivity index (χ1v) is 7.41. The van der Waals surface area contributed by atoms with Crippen LogP contribution in [0.5, 0.6) is 0 Å². The third kappa shape index (κ3) is 2.93. The van der Waals surface area contributed by atoms with Crippen LogP contribution in [0, 0.1) is 0 Å². The van der Waals surface area contributed by atoms with Gasteiger partial charge in [-0.05, 0) is 29.8 Å². The van der Waals surface area contributed by atoms with E-state index in [9.17, 15) is 9.90 Å². The van der Waals surface area contributed by atoms with E-state index in [1.54, 1.807) is 43.5 Å². The zero-order valence-electron chi connectivity index (χ0n) is 12.0. The lowest BCUT2D eigenvalue weighted by atomic mass is 9.76. The predicted octanol–water partition coefficient (Wildman–Crippen LogP) is 4.13. The third-order valence-electron chi connectivity index (χ3n) is 3.72. The number of nitrogens with zero attached hydrogens (tertiary/aromatic N) is 1. The van der Waals surface area contributed by atoms with Gasteiger partial charge in [0.2, 0.25) is 0 Å². The summed E-state index contributed by atoms with van der Waals surface area (Å²) in [4.78, 5) is 16.3. The first-order chi connectivity index (χ1) is 10.4. The molecule has 114 valence electrons. The van der Waals surface area contributed by atoms with E-state index in [4.69, 9.17) is 23.2 Å². The van der Waals surface area contributed by atoms with Crippen molar-refractivity contribution in [1.82, 2.24) is 4.98 Å². The van der Waals surface area contributed by atoms with Crippen LogP contribution < -0.4 is 0 Å². The summed E-state index contributed by atoms with van der Waals surface area (Å²) in [7, 11) is 0. The fraction of sp³-hybridized carbons (Fsp3) is 0.176. The van der Waals surface area contributed by atoms with Crippen molar-refractivity contribution in [1.29, 1.82) is 0 Å². The van der Waals surface area contributed by atoms with Gasteiger partial charge in [0.1, 0.15) is 0 Å². The molecule has 0 bridgehead atoms. The number of pyridine rings is 1. The number of ketones is 1. The van der Waals surface area contributed by atoms with Gasteiger partial charge in [-0.1, -0.05) is 48.8 Å². The number of hydrogen-bond donors (Lipinski definition) is 1. The van der Waals surface area contributed by atoms with Crippen molar-refractivity contribution >= 4 is 29.0 Å². The largest absolute Gasteiger partial charge is 0.376 e. The molecule has 2 rings (SSSR count). The highest BCUT2D eigenvalue weighted by Gasteiger charge is 2.43. The van der Waals surface area contributed by atoms with Crippen LogP contribution in [-0.4, -0.2) is 15.9 Å². The first-order valence-electron chi connectivity index (χ1n) is 6.66. The van der Waals surface area contributed by atoms with E-state index in [-0.39, 0.29) is 0 Å². The molecule has 3 nitrogen and oxygen atoms in total. The van der Waals surface area contributed by atoms with Crippen LogP contribution in [0.15, 0.2) is 55.4 Å². The fourth-order valence-corrected chi connectivity index (χ4v) is 3.00. The van der Waals surface area contributed by atoms with Crippen LogP contribution in [0.4, 0.5) is 0 Å². The van der Waals surface area contributed by atoms with Gasteiger partial charge in [-0.25, -0.2) is 0 Å². The highest BCUT2D eigenvalue weighted by molar-refractivity contribution is 6.35. The Kier molecular flexibility index (Phi) is 5.01. The maximum Gasteiger partial charge on any atom is 0.191 e. The highest BCUT2D eigenvalue weighted by atomic mass is 35.5. The van der Waals surface area contributed by atoms with Crippen molar-refractivity contribution < 1.29 is 9.90 Å². The standard InChI is InChI=1S/C17H15Cl2NO2/c1-3-16(21)17(22,12-5-4-8-20-10-12)11(2)14-7-6-13(18)9-15(14)19/h3-11,22H,1H2,2H3. The van der Waals surface area contributed by atoms with E-state index in [2.05, 4.69) is 11.6 Å².